The number of aliphatic imine (C=N–C) groups is 1. The van der Waals surface area contributed by atoms with Crippen molar-refractivity contribution in [1.29, 1.82) is 0 Å². The third kappa shape index (κ3) is 4.89. The Morgan fingerprint density at radius 3 is 2.53 bits per heavy atom. The second kappa shape index (κ2) is 10.7. The van der Waals surface area contributed by atoms with Crippen LogP contribution in [0.3, 0.4) is 0 Å². The van der Waals surface area contributed by atoms with Crippen molar-refractivity contribution in [1.82, 2.24) is 10.2 Å². The minimum absolute atomic E-state index is 0.0850. The Morgan fingerprint density at radius 1 is 1.08 bits per heavy atom. The average molecular weight is 538 g/mol. The van der Waals surface area contributed by atoms with Gasteiger partial charge in [0.1, 0.15) is 11.5 Å². The number of carbonyl (C=O) groups is 2. The van der Waals surface area contributed by atoms with E-state index in [1.54, 1.807) is 27.2 Å². The largest absolute Gasteiger partial charge is 0.497 e. The molecule has 5 rings (SSSR count). The van der Waals surface area contributed by atoms with Crippen LogP contribution in [0.15, 0.2) is 63.8 Å². The number of rotatable bonds is 8. The van der Waals surface area contributed by atoms with Gasteiger partial charge in [-0.25, -0.2) is 9.79 Å². The molecule has 2 aromatic carbocycles. The standard InChI is InChI=1S/C27H27N3O7S/c1-15-24(26(32)35-4)25(17-8-19(33-2)11-20(9-17)34-3)30-18(13-38-27(30)29-15)10-23(31)28-12-16-5-6-21-22(7-16)37-14-36-21/h5-9,11,13,25H,10,12,14H2,1-4H3,(H,28,31)/t25-/m0/s1. The van der Waals surface area contributed by atoms with Gasteiger partial charge in [-0.1, -0.05) is 17.8 Å². The maximum atomic E-state index is 13.0. The van der Waals surface area contributed by atoms with Crippen LogP contribution in [-0.2, 0) is 20.9 Å². The number of amidine groups is 1. The van der Waals surface area contributed by atoms with E-state index >= 15 is 0 Å². The van der Waals surface area contributed by atoms with Crippen molar-refractivity contribution in [3.8, 4) is 23.0 Å². The van der Waals surface area contributed by atoms with E-state index in [0.717, 1.165) is 11.1 Å². The van der Waals surface area contributed by atoms with E-state index in [-0.39, 0.29) is 19.1 Å². The number of amides is 1. The zero-order valence-corrected chi connectivity index (χ0v) is 22.2. The highest BCUT2D eigenvalue weighted by atomic mass is 32.2. The van der Waals surface area contributed by atoms with Gasteiger partial charge in [0.25, 0.3) is 0 Å². The van der Waals surface area contributed by atoms with E-state index in [1.807, 2.05) is 40.6 Å². The number of esters is 1. The van der Waals surface area contributed by atoms with Gasteiger partial charge in [-0.05, 0) is 47.7 Å². The predicted molar refractivity (Wildman–Crippen MR) is 141 cm³/mol. The Hall–Kier alpha value is -4.12. The van der Waals surface area contributed by atoms with E-state index in [0.29, 0.717) is 51.7 Å². The molecule has 0 aliphatic carbocycles. The highest BCUT2D eigenvalue weighted by Crippen LogP contribution is 2.46. The second-order valence-corrected chi connectivity index (χ2v) is 9.51. The number of carbonyl (C=O) groups excluding carboxylic acids is 2. The third-order valence-electron chi connectivity index (χ3n) is 6.36. The summed E-state index contributed by atoms with van der Waals surface area (Å²) < 4.78 is 26.9. The molecule has 38 heavy (non-hydrogen) atoms. The van der Waals surface area contributed by atoms with Gasteiger partial charge in [0.2, 0.25) is 12.7 Å². The molecule has 1 atom stereocenters. The van der Waals surface area contributed by atoms with Crippen molar-refractivity contribution >= 4 is 28.8 Å². The van der Waals surface area contributed by atoms with Crippen LogP contribution < -0.4 is 24.3 Å². The van der Waals surface area contributed by atoms with E-state index in [1.165, 1.54) is 18.9 Å². The molecule has 0 saturated carbocycles. The third-order valence-corrected chi connectivity index (χ3v) is 7.25. The fraction of sp³-hybridized carbons (Fsp3) is 0.296. The topological polar surface area (TPSA) is 108 Å². The SMILES string of the molecule is COC(=O)C1=C(C)N=C2SC=C(CC(=O)NCc3ccc4c(c3)OCO4)N2[C@H]1c1cc(OC)cc(OC)c1. The Morgan fingerprint density at radius 2 is 1.82 bits per heavy atom. The van der Waals surface area contributed by atoms with E-state index < -0.39 is 12.0 Å². The number of allylic oxidation sites excluding steroid dienone is 1. The lowest BCUT2D eigenvalue weighted by molar-refractivity contribution is -0.136. The number of nitrogens with zero attached hydrogens (tertiary/aromatic N) is 2. The zero-order chi connectivity index (χ0) is 26.8. The Balaban J connectivity index is 1.41. The molecule has 1 amide bonds. The molecular weight excluding hydrogens is 510 g/mol. The molecule has 0 fully saturated rings. The van der Waals surface area contributed by atoms with Gasteiger partial charge in [-0.3, -0.25) is 4.79 Å². The molecule has 0 bridgehead atoms. The Kier molecular flexibility index (Phi) is 7.19. The van der Waals surface area contributed by atoms with Crippen molar-refractivity contribution in [2.45, 2.75) is 25.9 Å². The summed E-state index contributed by atoms with van der Waals surface area (Å²) in [7, 11) is 4.47. The first-order valence-electron chi connectivity index (χ1n) is 11.8. The molecule has 3 aliphatic heterocycles. The summed E-state index contributed by atoms with van der Waals surface area (Å²) in [5.74, 6) is 1.82. The molecule has 3 aliphatic rings. The summed E-state index contributed by atoms with van der Waals surface area (Å²) in [5, 5.41) is 5.51. The number of ether oxygens (including phenoxy) is 5. The van der Waals surface area contributed by atoms with Crippen LogP contribution in [0.1, 0.15) is 30.5 Å². The van der Waals surface area contributed by atoms with Crippen molar-refractivity contribution < 1.29 is 33.3 Å². The minimum atomic E-state index is -0.596. The molecule has 10 nitrogen and oxygen atoms in total. The van der Waals surface area contributed by atoms with Crippen LogP contribution in [0.4, 0.5) is 0 Å². The van der Waals surface area contributed by atoms with Gasteiger partial charge in [0, 0.05) is 18.3 Å². The molecule has 2 aromatic rings. The molecule has 3 heterocycles. The van der Waals surface area contributed by atoms with Crippen LogP contribution in [0.25, 0.3) is 0 Å². The number of fused-ring (bicyclic) bond motifs is 2. The highest BCUT2D eigenvalue weighted by molar-refractivity contribution is 8.16. The molecule has 11 heteroatoms. The van der Waals surface area contributed by atoms with E-state index in [2.05, 4.69) is 10.3 Å². The van der Waals surface area contributed by atoms with E-state index in [4.69, 9.17) is 23.7 Å². The van der Waals surface area contributed by atoms with Gasteiger partial charge in [0.15, 0.2) is 16.7 Å². The van der Waals surface area contributed by atoms with Crippen molar-refractivity contribution in [2.24, 2.45) is 4.99 Å². The molecule has 0 unspecified atom stereocenters. The Labute approximate surface area is 224 Å². The minimum Gasteiger partial charge on any atom is -0.497 e. The second-order valence-electron chi connectivity index (χ2n) is 8.67. The summed E-state index contributed by atoms with van der Waals surface area (Å²) in [5.41, 5.74) is 3.26. The quantitative estimate of drug-likeness (QED) is 0.502. The fourth-order valence-corrected chi connectivity index (χ4v) is 5.49. The van der Waals surface area contributed by atoms with Crippen LogP contribution in [0, 0.1) is 0 Å². The number of methoxy groups -OCH3 is 3. The summed E-state index contributed by atoms with van der Waals surface area (Å²) in [6.45, 7) is 2.30. The number of benzene rings is 2. The lowest BCUT2D eigenvalue weighted by Crippen LogP contribution is -2.38. The zero-order valence-electron chi connectivity index (χ0n) is 21.4. The lowest BCUT2D eigenvalue weighted by Gasteiger charge is -2.36. The van der Waals surface area contributed by atoms with Crippen LogP contribution in [0.5, 0.6) is 23.0 Å². The van der Waals surface area contributed by atoms with Crippen LogP contribution >= 0.6 is 11.8 Å². The van der Waals surface area contributed by atoms with Gasteiger partial charge < -0.3 is 33.9 Å². The van der Waals surface area contributed by atoms with Gasteiger partial charge >= 0.3 is 5.97 Å². The molecule has 0 saturated heterocycles. The van der Waals surface area contributed by atoms with E-state index in [9.17, 15) is 9.59 Å². The maximum absolute atomic E-state index is 13.0. The van der Waals surface area contributed by atoms with Gasteiger partial charge in [-0.15, -0.1) is 0 Å². The normalized spacial score (nSPS) is 17.5. The first kappa shape index (κ1) is 25.5. The molecule has 0 spiro atoms. The molecule has 0 radical (unpaired) electrons. The molecule has 1 N–H and O–H groups in total. The Bertz CT molecular complexity index is 1360. The first-order valence-corrected chi connectivity index (χ1v) is 12.7. The number of hydrogen-bond donors (Lipinski definition) is 1. The smallest absolute Gasteiger partial charge is 0.338 e. The van der Waals surface area contributed by atoms with Crippen LogP contribution in [-0.4, -0.2) is 50.1 Å². The summed E-state index contributed by atoms with van der Waals surface area (Å²) >= 11 is 1.40. The van der Waals surface area contributed by atoms with Gasteiger partial charge in [0.05, 0.1) is 45.1 Å². The highest BCUT2D eigenvalue weighted by Gasteiger charge is 2.41. The number of hydrogen-bond acceptors (Lipinski definition) is 10. The predicted octanol–water partition coefficient (Wildman–Crippen LogP) is 3.89. The first-order chi connectivity index (χ1) is 18.4. The fourth-order valence-electron chi connectivity index (χ4n) is 4.52. The summed E-state index contributed by atoms with van der Waals surface area (Å²) in [4.78, 5) is 32.6. The average Bonchev–Trinajstić information content (AvgIpc) is 3.56. The van der Waals surface area contributed by atoms with Crippen molar-refractivity contribution in [3.63, 3.8) is 0 Å². The molecule has 198 valence electrons. The maximum Gasteiger partial charge on any atom is 0.338 e. The molecule has 0 aromatic heterocycles. The molecular formula is C27H27N3O7S. The van der Waals surface area contributed by atoms with Crippen molar-refractivity contribution in [3.05, 3.63) is 69.9 Å². The summed E-state index contributed by atoms with van der Waals surface area (Å²) in [6.07, 6.45) is 0.0850. The number of thioether (sulfide) groups is 1. The lowest BCUT2D eigenvalue weighted by atomic mass is 9.93. The van der Waals surface area contributed by atoms with Crippen molar-refractivity contribution in [2.75, 3.05) is 28.1 Å². The van der Waals surface area contributed by atoms with Gasteiger partial charge in [-0.2, -0.15) is 0 Å². The number of nitrogens with one attached hydrogen (secondary N) is 1. The monoisotopic (exact) mass is 537 g/mol. The van der Waals surface area contributed by atoms with Crippen LogP contribution in [0.2, 0.25) is 0 Å². The summed E-state index contributed by atoms with van der Waals surface area (Å²) in [6, 6.07) is 10.4.